The van der Waals surface area contributed by atoms with E-state index < -0.39 is 10.0 Å². The number of nitrogen functional groups attached to an aromatic ring is 1. The molecule has 1 saturated carbocycles. The Kier molecular flexibility index (Phi) is 7.00. The van der Waals surface area contributed by atoms with Crippen LogP contribution in [-0.2, 0) is 10.0 Å². The molecule has 136 valence electrons. The lowest BCUT2D eigenvalue weighted by molar-refractivity contribution is 0.0924. The van der Waals surface area contributed by atoms with Crippen molar-refractivity contribution < 1.29 is 13.2 Å². The monoisotopic (exact) mass is 374 g/mol. The first kappa shape index (κ1) is 19.1. The van der Waals surface area contributed by atoms with Crippen LogP contribution < -0.4 is 15.8 Å². The van der Waals surface area contributed by atoms with E-state index in [4.69, 9.17) is 5.73 Å². The minimum absolute atomic E-state index is 0.0692. The van der Waals surface area contributed by atoms with Gasteiger partial charge in [0, 0.05) is 12.6 Å². The first-order valence-electron chi connectivity index (χ1n) is 8.39. The van der Waals surface area contributed by atoms with E-state index >= 15 is 0 Å². The van der Waals surface area contributed by atoms with Crippen molar-refractivity contribution in [3.8, 4) is 0 Å². The third-order valence-electron chi connectivity index (χ3n) is 4.22. The zero-order valence-electron chi connectivity index (χ0n) is 14.0. The molecule has 2 atom stereocenters. The lowest BCUT2D eigenvalue weighted by Crippen LogP contribution is -2.41. The predicted octanol–water partition coefficient (Wildman–Crippen LogP) is 1.73. The summed E-state index contributed by atoms with van der Waals surface area (Å²) in [6.07, 6.45) is 6.69. The summed E-state index contributed by atoms with van der Waals surface area (Å²) in [5.74, 6) is 0.286. The summed E-state index contributed by atoms with van der Waals surface area (Å²) in [6.45, 7) is 2.42. The molecule has 1 fully saturated rings. The fraction of sp³-hybridized carbons (Fsp3) is 0.733. The van der Waals surface area contributed by atoms with E-state index in [2.05, 4.69) is 15.0 Å². The van der Waals surface area contributed by atoms with Crippen molar-refractivity contribution >= 4 is 32.4 Å². The van der Waals surface area contributed by atoms with E-state index in [1.807, 2.05) is 6.92 Å². The van der Waals surface area contributed by atoms with Crippen molar-refractivity contribution in [2.45, 2.75) is 51.5 Å². The van der Waals surface area contributed by atoms with Gasteiger partial charge in [-0.2, -0.15) is 0 Å². The number of hydrogen-bond acceptors (Lipinski definition) is 6. The highest BCUT2D eigenvalue weighted by Gasteiger charge is 2.25. The number of hydrogen-bond donors (Lipinski definition) is 3. The van der Waals surface area contributed by atoms with Crippen molar-refractivity contribution in [3.05, 3.63) is 11.1 Å². The van der Waals surface area contributed by atoms with E-state index in [1.165, 1.54) is 17.5 Å². The van der Waals surface area contributed by atoms with Gasteiger partial charge in [0.25, 0.3) is 5.91 Å². The summed E-state index contributed by atoms with van der Waals surface area (Å²) in [5, 5.41) is 3.39. The maximum absolute atomic E-state index is 12.2. The van der Waals surface area contributed by atoms with Gasteiger partial charge in [0.15, 0.2) is 5.13 Å². The molecule has 1 aromatic heterocycles. The Labute approximate surface area is 147 Å². The molecule has 0 spiro atoms. The molecule has 0 radical (unpaired) electrons. The Morgan fingerprint density at radius 1 is 1.46 bits per heavy atom. The van der Waals surface area contributed by atoms with Crippen LogP contribution in [0.4, 0.5) is 5.13 Å². The second kappa shape index (κ2) is 8.77. The Morgan fingerprint density at radius 2 is 2.25 bits per heavy atom. The van der Waals surface area contributed by atoms with Crippen LogP contribution >= 0.6 is 11.3 Å². The van der Waals surface area contributed by atoms with Crippen LogP contribution in [0, 0.1) is 5.92 Å². The van der Waals surface area contributed by atoms with Gasteiger partial charge in [-0.15, -0.1) is 0 Å². The van der Waals surface area contributed by atoms with E-state index in [1.54, 1.807) is 0 Å². The van der Waals surface area contributed by atoms with Gasteiger partial charge in [-0.3, -0.25) is 4.79 Å². The Balaban J connectivity index is 1.80. The van der Waals surface area contributed by atoms with Gasteiger partial charge in [0.2, 0.25) is 10.0 Å². The average Bonchev–Trinajstić information content (AvgIpc) is 2.98. The number of thiazole rings is 1. The summed E-state index contributed by atoms with van der Waals surface area (Å²) in [7, 11) is -3.18. The molecule has 4 N–H and O–H groups in total. The fourth-order valence-electron chi connectivity index (χ4n) is 2.91. The highest BCUT2D eigenvalue weighted by molar-refractivity contribution is 7.89. The first-order chi connectivity index (χ1) is 11.4. The van der Waals surface area contributed by atoms with Gasteiger partial charge in [-0.05, 0) is 31.6 Å². The zero-order chi connectivity index (χ0) is 17.6. The van der Waals surface area contributed by atoms with Gasteiger partial charge in [-0.25, -0.2) is 18.1 Å². The Hall–Kier alpha value is -1.19. The molecule has 7 nitrogen and oxygen atoms in total. The largest absolute Gasteiger partial charge is 0.375 e. The van der Waals surface area contributed by atoms with Crippen LogP contribution in [0.2, 0.25) is 0 Å². The maximum Gasteiger partial charge on any atom is 0.263 e. The van der Waals surface area contributed by atoms with Crippen molar-refractivity contribution in [2.75, 3.05) is 18.0 Å². The topological polar surface area (TPSA) is 114 Å². The van der Waals surface area contributed by atoms with Crippen LogP contribution in [-0.4, -0.2) is 37.6 Å². The smallest absolute Gasteiger partial charge is 0.263 e. The number of rotatable bonds is 8. The Bertz CT molecular complexity index is 645. The van der Waals surface area contributed by atoms with Crippen molar-refractivity contribution in [1.82, 2.24) is 15.0 Å². The number of nitrogens with one attached hydrogen (secondary N) is 2. The van der Waals surface area contributed by atoms with Crippen molar-refractivity contribution in [2.24, 2.45) is 5.92 Å². The molecule has 1 aliphatic rings. The first-order valence-corrected chi connectivity index (χ1v) is 10.9. The van der Waals surface area contributed by atoms with Gasteiger partial charge >= 0.3 is 0 Å². The lowest BCUT2D eigenvalue weighted by Gasteiger charge is -2.29. The number of nitrogens with two attached hydrogens (primary N) is 1. The molecule has 0 saturated heterocycles. The highest BCUT2D eigenvalue weighted by atomic mass is 32.2. The molecule has 0 aromatic carbocycles. The third kappa shape index (κ3) is 6.03. The molecule has 1 amide bonds. The minimum atomic E-state index is -3.18. The second-order valence-corrected chi connectivity index (χ2v) is 9.28. The van der Waals surface area contributed by atoms with E-state index in [9.17, 15) is 13.2 Å². The van der Waals surface area contributed by atoms with Gasteiger partial charge < -0.3 is 11.1 Å². The van der Waals surface area contributed by atoms with Crippen molar-refractivity contribution in [3.63, 3.8) is 0 Å². The van der Waals surface area contributed by atoms with Crippen LogP contribution in [0.3, 0.4) is 0 Å². The zero-order valence-corrected chi connectivity index (χ0v) is 15.6. The standard InChI is InChI=1S/C15H26N4O3S2/c1-2-3-7-24(21,22)18-9-11-5-4-6-12(8-11)19-14(20)13-10-17-15(16)23-13/h10-12,18H,2-9H2,1H3,(H2,16,17)(H,19,20)/t11-,12+/m1/s1. The number of nitrogens with zero attached hydrogens (tertiary/aromatic N) is 1. The quantitative estimate of drug-likeness (QED) is 0.641. The van der Waals surface area contributed by atoms with E-state index in [0.29, 0.717) is 23.0 Å². The third-order valence-corrected chi connectivity index (χ3v) is 6.48. The SMILES string of the molecule is CCCCS(=O)(=O)NC[C@@H]1CCC[C@H](NC(=O)c2cnc(N)s2)C1. The molecule has 24 heavy (non-hydrogen) atoms. The highest BCUT2D eigenvalue weighted by Crippen LogP contribution is 2.25. The van der Waals surface area contributed by atoms with Gasteiger partial charge in [0.1, 0.15) is 4.88 Å². The van der Waals surface area contributed by atoms with Gasteiger partial charge in [0.05, 0.1) is 11.9 Å². The van der Waals surface area contributed by atoms with Crippen LogP contribution in [0.15, 0.2) is 6.20 Å². The van der Waals surface area contributed by atoms with E-state index in [0.717, 1.165) is 32.1 Å². The van der Waals surface area contributed by atoms with Crippen LogP contribution in [0.5, 0.6) is 0 Å². The average molecular weight is 375 g/mol. The number of carbonyl (C=O) groups is 1. The lowest BCUT2D eigenvalue weighted by atomic mass is 9.86. The number of carbonyl (C=O) groups excluding carboxylic acids is 1. The number of aromatic nitrogens is 1. The van der Waals surface area contributed by atoms with Crippen LogP contribution in [0.1, 0.15) is 55.1 Å². The molecular weight excluding hydrogens is 348 g/mol. The van der Waals surface area contributed by atoms with Crippen LogP contribution in [0.25, 0.3) is 0 Å². The number of anilines is 1. The predicted molar refractivity (Wildman–Crippen MR) is 96.4 cm³/mol. The van der Waals surface area contributed by atoms with Crippen molar-refractivity contribution in [1.29, 1.82) is 0 Å². The molecule has 1 heterocycles. The summed E-state index contributed by atoms with van der Waals surface area (Å²) >= 11 is 1.17. The summed E-state index contributed by atoms with van der Waals surface area (Å²) < 4.78 is 26.5. The number of unbranched alkanes of at least 4 members (excludes halogenated alkanes) is 1. The van der Waals surface area contributed by atoms with Gasteiger partial charge in [-0.1, -0.05) is 31.1 Å². The molecule has 0 bridgehead atoms. The molecule has 0 unspecified atom stereocenters. The summed E-state index contributed by atoms with van der Waals surface area (Å²) in [4.78, 5) is 16.6. The van der Waals surface area contributed by atoms with E-state index in [-0.39, 0.29) is 23.6 Å². The number of sulfonamides is 1. The molecule has 0 aliphatic heterocycles. The maximum atomic E-state index is 12.2. The minimum Gasteiger partial charge on any atom is -0.375 e. The molecule has 9 heteroatoms. The normalized spacial score (nSPS) is 21.5. The molecular formula is C15H26N4O3S2. The summed E-state index contributed by atoms with van der Waals surface area (Å²) in [5.41, 5.74) is 5.55. The summed E-state index contributed by atoms with van der Waals surface area (Å²) in [6, 6.07) is 0.0692. The molecule has 1 aliphatic carbocycles. The molecule has 1 aromatic rings. The Morgan fingerprint density at radius 3 is 2.92 bits per heavy atom. The second-order valence-electron chi connectivity index (χ2n) is 6.29. The fourth-order valence-corrected chi connectivity index (χ4v) is 4.80. The number of amides is 1. The molecule has 2 rings (SSSR count).